The van der Waals surface area contributed by atoms with Gasteiger partial charge in [0, 0.05) is 35.2 Å². The molecule has 0 spiro atoms. The molecule has 0 saturated carbocycles. The molecule has 1 N–H and O–H groups in total. The predicted molar refractivity (Wildman–Crippen MR) is 92.5 cm³/mol. The van der Waals surface area contributed by atoms with Gasteiger partial charge in [-0.05, 0) is 54.1 Å². The smallest absolute Gasteiger partial charge is 0.0471 e. The normalized spacial score (nSPS) is 14.3. The first-order valence-electron chi connectivity index (χ1n) is 7.57. The molecule has 3 rings (SSSR count). The fourth-order valence-electron chi connectivity index (χ4n) is 2.74. The van der Waals surface area contributed by atoms with Gasteiger partial charge in [-0.1, -0.05) is 24.6 Å². The van der Waals surface area contributed by atoms with Crippen LogP contribution >= 0.6 is 22.9 Å². The maximum Gasteiger partial charge on any atom is 0.0471 e. The average molecular weight is 321 g/mol. The van der Waals surface area contributed by atoms with Gasteiger partial charge in [0.25, 0.3) is 0 Å². The topological polar surface area (TPSA) is 15.3 Å². The second-order valence-corrected chi connectivity index (χ2v) is 6.90. The molecule has 112 valence electrons. The van der Waals surface area contributed by atoms with E-state index in [2.05, 4.69) is 46.8 Å². The van der Waals surface area contributed by atoms with Crippen LogP contribution in [0.4, 0.5) is 5.69 Å². The lowest BCUT2D eigenvalue weighted by Crippen LogP contribution is -2.29. The lowest BCUT2D eigenvalue weighted by atomic mass is 10.1. The zero-order valence-corrected chi connectivity index (χ0v) is 13.9. The minimum Gasteiger partial charge on any atom is -0.367 e. The number of halogens is 1. The largest absolute Gasteiger partial charge is 0.367 e. The van der Waals surface area contributed by atoms with Gasteiger partial charge < -0.3 is 10.2 Å². The Morgan fingerprint density at radius 2 is 2.24 bits per heavy atom. The number of hydrogen-bond donors (Lipinski definition) is 1. The van der Waals surface area contributed by atoms with E-state index in [0.29, 0.717) is 0 Å². The Morgan fingerprint density at radius 3 is 3.05 bits per heavy atom. The zero-order valence-electron chi connectivity index (χ0n) is 12.4. The van der Waals surface area contributed by atoms with Crippen molar-refractivity contribution < 1.29 is 0 Å². The van der Waals surface area contributed by atoms with E-state index in [1.54, 1.807) is 0 Å². The second kappa shape index (κ2) is 6.82. The average Bonchev–Trinajstić information content (AvgIpc) is 2.96. The van der Waals surface area contributed by atoms with Gasteiger partial charge >= 0.3 is 0 Å². The summed E-state index contributed by atoms with van der Waals surface area (Å²) in [6, 6.07) is 8.72. The third-order valence-electron chi connectivity index (χ3n) is 3.95. The van der Waals surface area contributed by atoms with Gasteiger partial charge in [0.1, 0.15) is 0 Å². The van der Waals surface area contributed by atoms with Crippen LogP contribution in [-0.4, -0.2) is 13.1 Å². The first-order valence-corrected chi connectivity index (χ1v) is 8.83. The van der Waals surface area contributed by atoms with Crippen molar-refractivity contribution in [3.8, 4) is 0 Å². The monoisotopic (exact) mass is 320 g/mol. The van der Waals surface area contributed by atoms with E-state index in [0.717, 1.165) is 44.0 Å². The van der Waals surface area contributed by atoms with Gasteiger partial charge in [0.05, 0.1) is 0 Å². The summed E-state index contributed by atoms with van der Waals surface area (Å²) in [7, 11) is 0. The molecule has 2 nitrogen and oxygen atoms in total. The molecule has 1 aliphatic heterocycles. The molecule has 0 fully saturated rings. The molecule has 2 aromatic rings. The van der Waals surface area contributed by atoms with Crippen molar-refractivity contribution in [2.45, 2.75) is 32.9 Å². The van der Waals surface area contributed by atoms with E-state index in [9.17, 15) is 0 Å². The van der Waals surface area contributed by atoms with Crippen LogP contribution in [0, 0.1) is 0 Å². The van der Waals surface area contributed by atoms with Crippen molar-refractivity contribution in [3.63, 3.8) is 0 Å². The van der Waals surface area contributed by atoms with Crippen LogP contribution in [0.1, 0.15) is 29.3 Å². The van der Waals surface area contributed by atoms with Crippen LogP contribution in [0.15, 0.2) is 29.6 Å². The van der Waals surface area contributed by atoms with E-state index >= 15 is 0 Å². The van der Waals surface area contributed by atoms with Crippen molar-refractivity contribution in [1.29, 1.82) is 0 Å². The van der Waals surface area contributed by atoms with Crippen molar-refractivity contribution >= 4 is 28.6 Å². The molecule has 2 heterocycles. The maximum atomic E-state index is 6.44. The highest BCUT2D eigenvalue weighted by Crippen LogP contribution is 2.30. The molecule has 0 unspecified atom stereocenters. The van der Waals surface area contributed by atoms with Gasteiger partial charge in [-0.3, -0.25) is 0 Å². The van der Waals surface area contributed by atoms with Gasteiger partial charge in [-0.25, -0.2) is 0 Å². The maximum absolute atomic E-state index is 6.44. The van der Waals surface area contributed by atoms with Crippen LogP contribution in [0.25, 0.3) is 0 Å². The molecule has 0 atom stereocenters. The molecular formula is C17H21ClN2S. The van der Waals surface area contributed by atoms with Crippen molar-refractivity contribution in [3.05, 3.63) is 50.7 Å². The van der Waals surface area contributed by atoms with Gasteiger partial charge in [0.15, 0.2) is 0 Å². The number of rotatable bonds is 5. The Morgan fingerprint density at radius 1 is 1.33 bits per heavy atom. The molecular weight excluding hydrogens is 300 g/mol. The standard InChI is InChI=1S/C17H21ClN2S/c1-2-7-19-11-13-3-4-15(10-16(13)18)20-8-5-17-14(12-20)6-9-21-17/h3-4,6,9-10,19H,2,5,7-8,11-12H2,1H3. The van der Waals surface area contributed by atoms with Crippen molar-refractivity contribution in [2.75, 3.05) is 18.0 Å². The summed E-state index contributed by atoms with van der Waals surface area (Å²) in [5.74, 6) is 0. The number of anilines is 1. The van der Waals surface area contributed by atoms with Gasteiger partial charge in [0.2, 0.25) is 0 Å². The van der Waals surface area contributed by atoms with E-state index in [1.807, 2.05) is 11.3 Å². The van der Waals surface area contributed by atoms with E-state index in [1.165, 1.54) is 21.7 Å². The Balaban J connectivity index is 1.71. The van der Waals surface area contributed by atoms with E-state index in [4.69, 9.17) is 11.6 Å². The highest BCUT2D eigenvalue weighted by Gasteiger charge is 2.18. The zero-order chi connectivity index (χ0) is 14.7. The van der Waals surface area contributed by atoms with Gasteiger partial charge in [-0.2, -0.15) is 0 Å². The molecule has 1 aromatic heterocycles. The molecule has 0 amide bonds. The highest BCUT2D eigenvalue weighted by atomic mass is 35.5. The summed E-state index contributed by atoms with van der Waals surface area (Å²) >= 11 is 8.32. The summed E-state index contributed by atoms with van der Waals surface area (Å²) in [5, 5.41) is 6.47. The highest BCUT2D eigenvalue weighted by molar-refractivity contribution is 7.10. The number of nitrogens with zero attached hydrogens (tertiary/aromatic N) is 1. The van der Waals surface area contributed by atoms with Crippen molar-refractivity contribution in [2.24, 2.45) is 0 Å². The molecule has 0 saturated heterocycles. The minimum absolute atomic E-state index is 0.849. The summed E-state index contributed by atoms with van der Waals surface area (Å²) in [5.41, 5.74) is 3.88. The summed E-state index contributed by atoms with van der Waals surface area (Å²) < 4.78 is 0. The van der Waals surface area contributed by atoms with Crippen molar-refractivity contribution in [1.82, 2.24) is 5.32 Å². The lowest BCUT2D eigenvalue weighted by molar-refractivity contribution is 0.675. The summed E-state index contributed by atoms with van der Waals surface area (Å²) in [6.45, 7) is 6.14. The molecule has 0 radical (unpaired) electrons. The Hall–Kier alpha value is -1.03. The fraction of sp³-hybridized carbons (Fsp3) is 0.412. The van der Waals surface area contributed by atoms with Crippen LogP contribution < -0.4 is 10.2 Å². The quantitative estimate of drug-likeness (QED) is 0.818. The molecule has 21 heavy (non-hydrogen) atoms. The number of thiophene rings is 1. The number of fused-ring (bicyclic) bond motifs is 1. The van der Waals surface area contributed by atoms with Crippen LogP contribution in [0.2, 0.25) is 5.02 Å². The third-order valence-corrected chi connectivity index (χ3v) is 5.33. The Kier molecular flexibility index (Phi) is 4.84. The SMILES string of the molecule is CCCNCc1ccc(N2CCc3sccc3C2)cc1Cl. The molecule has 4 heteroatoms. The molecule has 1 aliphatic rings. The Bertz CT molecular complexity index is 609. The minimum atomic E-state index is 0.849. The van der Waals surface area contributed by atoms with Crippen LogP contribution in [0.3, 0.4) is 0 Å². The number of nitrogens with one attached hydrogen (secondary N) is 1. The molecule has 0 bridgehead atoms. The number of hydrogen-bond acceptors (Lipinski definition) is 3. The number of benzene rings is 1. The predicted octanol–water partition coefficient (Wildman–Crippen LogP) is 4.46. The summed E-state index contributed by atoms with van der Waals surface area (Å²) in [4.78, 5) is 3.96. The first-order chi connectivity index (χ1) is 10.3. The molecule has 1 aromatic carbocycles. The molecule has 0 aliphatic carbocycles. The third kappa shape index (κ3) is 3.42. The summed E-state index contributed by atoms with van der Waals surface area (Å²) in [6.07, 6.45) is 2.29. The van der Waals surface area contributed by atoms with Crippen LogP contribution in [-0.2, 0) is 19.5 Å². The Labute approximate surface area is 135 Å². The second-order valence-electron chi connectivity index (χ2n) is 5.49. The van der Waals surface area contributed by atoms with E-state index < -0.39 is 0 Å². The van der Waals surface area contributed by atoms with E-state index in [-0.39, 0.29) is 0 Å². The fourth-order valence-corrected chi connectivity index (χ4v) is 3.88. The van der Waals surface area contributed by atoms with Gasteiger partial charge in [-0.15, -0.1) is 11.3 Å². The lowest BCUT2D eigenvalue weighted by Gasteiger charge is -2.29. The van der Waals surface area contributed by atoms with Crippen LogP contribution in [0.5, 0.6) is 0 Å². The first kappa shape index (κ1) is 14.9.